The van der Waals surface area contributed by atoms with Crippen molar-refractivity contribution in [2.75, 3.05) is 0 Å². The van der Waals surface area contributed by atoms with Gasteiger partial charge in [-0.1, -0.05) is 38.0 Å². The van der Waals surface area contributed by atoms with E-state index < -0.39 is 8.07 Å². The Kier molecular flexibility index (Phi) is 1.24. The Labute approximate surface area is 46.9 Å². The van der Waals surface area contributed by atoms with Crippen molar-refractivity contribution in [1.29, 1.82) is 0 Å². The molecule has 7 heavy (non-hydrogen) atoms. The summed E-state index contributed by atoms with van der Waals surface area (Å²) in [6.45, 7) is 4.88. The average Bonchev–Trinajstić information content (AvgIpc) is 1.61. The zero-order chi connectivity index (χ0) is 5.33. The van der Waals surface area contributed by atoms with Crippen LogP contribution in [0.1, 0.15) is 13.3 Å². The minimum atomic E-state index is -0.471. The first-order chi connectivity index (χ1) is 3.27. The fraction of sp³-hybridized carbons (Fsp3) is 1.00. The van der Waals surface area contributed by atoms with E-state index >= 15 is 0 Å². The molecule has 0 unspecified atom stereocenters. The van der Waals surface area contributed by atoms with Crippen molar-refractivity contribution < 1.29 is 0 Å². The quantitative estimate of drug-likeness (QED) is 0.459. The molecule has 0 bridgehead atoms. The third kappa shape index (κ3) is 0.879. The van der Waals surface area contributed by atoms with Gasteiger partial charge in [-0.3, -0.25) is 0 Å². The second-order valence-corrected chi connectivity index (χ2v) is 8.35. The van der Waals surface area contributed by atoms with Gasteiger partial charge in [-0.15, -0.1) is 0 Å². The Bertz CT molecular complexity index is 59.1. The first-order valence-electron chi connectivity index (χ1n) is 3.27. The predicted octanol–water partition coefficient (Wildman–Crippen LogP) is 2.49. The molecule has 0 spiro atoms. The lowest BCUT2D eigenvalue weighted by atomic mass is 10.5. The molecule has 0 aromatic rings. The van der Waals surface area contributed by atoms with Crippen molar-refractivity contribution in [1.82, 2.24) is 0 Å². The molecule has 42 valence electrons. The second-order valence-electron chi connectivity index (χ2n) is 3.02. The van der Waals surface area contributed by atoms with Gasteiger partial charge in [-0.25, -0.2) is 0 Å². The van der Waals surface area contributed by atoms with Crippen molar-refractivity contribution in [3.63, 3.8) is 0 Å². The van der Waals surface area contributed by atoms with Crippen molar-refractivity contribution in [2.24, 2.45) is 0 Å². The summed E-state index contributed by atoms with van der Waals surface area (Å²) in [5, 5.41) is 0. The highest BCUT2D eigenvalue weighted by Gasteiger charge is 2.31. The van der Waals surface area contributed by atoms with E-state index in [2.05, 4.69) is 13.5 Å². The van der Waals surface area contributed by atoms with Crippen LogP contribution in [0.3, 0.4) is 0 Å². The minimum absolute atomic E-state index is 0.471. The van der Waals surface area contributed by atoms with Gasteiger partial charge in [0.25, 0.3) is 0 Å². The van der Waals surface area contributed by atoms with E-state index in [4.69, 9.17) is 0 Å². The maximum absolute atomic E-state index is 2.52. The van der Waals surface area contributed by atoms with Gasteiger partial charge in [0.1, 0.15) is 0 Å². The van der Waals surface area contributed by atoms with Crippen LogP contribution in [0.2, 0.25) is 24.7 Å². The summed E-state index contributed by atoms with van der Waals surface area (Å²) >= 11 is 0. The lowest BCUT2D eigenvalue weighted by molar-refractivity contribution is 0.884. The molecule has 1 fully saturated rings. The zero-order valence-corrected chi connectivity index (χ0v) is 6.33. The van der Waals surface area contributed by atoms with Gasteiger partial charge in [0.05, 0.1) is 8.07 Å². The molecule has 0 radical (unpaired) electrons. The number of rotatable bonds is 1. The third-order valence-corrected chi connectivity index (χ3v) is 7.24. The van der Waals surface area contributed by atoms with E-state index in [1.54, 1.807) is 12.1 Å². The van der Waals surface area contributed by atoms with Gasteiger partial charge in [0, 0.05) is 0 Å². The summed E-state index contributed by atoms with van der Waals surface area (Å²) in [5.41, 5.74) is 0. The Morgan fingerprint density at radius 1 is 1.43 bits per heavy atom. The highest BCUT2D eigenvalue weighted by atomic mass is 28.3. The van der Waals surface area contributed by atoms with E-state index in [9.17, 15) is 0 Å². The molecular weight excluding hydrogens is 100 g/mol. The molecule has 0 N–H and O–H groups in total. The maximum atomic E-state index is 2.52. The molecule has 1 aliphatic heterocycles. The Morgan fingerprint density at radius 3 is 2.00 bits per heavy atom. The van der Waals surface area contributed by atoms with E-state index in [1.165, 1.54) is 12.5 Å². The summed E-state index contributed by atoms with van der Waals surface area (Å²) in [7, 11) is -0.471. The summed E-state index contributed by atoms with van der Waals surface area (Å²) < 4.78 is 0. The van der Waals surface area contributed by atoms with Crippen LogP contribution in [0.25, 0.3) is 0 Å². The largest absolute Gasteiger partial charge is 0.0692 e. The lowest BCUT2D eigenvalue weighted by Crippen LogP contribution is -2.36. The molecule has 1 heteroatoms. The maximum Gasteiger partial charge on any atom is 0.0501 e. The van der Waals surface area contributed by atoms with Gasteiger partial charge < -0.3 is 0 Å². The van der Waals surface area contributed by atoms with E-state index in [0.717, 1.165) is 0 Å². The Morgan fingerprint density at radius 2 is 2.00 bits per heavy atom. The Balaban J connectivity index is 2.29. The molecule has 0 aliphatic carbocycles. The van der Waals surface area contributed by atoms with Crippen molar-refractivity contribution in [3.8, 4) is 0 Å². The standard InChI is InChI=1S/C6H14Si/c1-3-7(2)5-4-6-7/h3-6H2,1-2H3. The monoisotopic (exact) mass is 114 g/mol. The molecule has 1 aliphatic rings. The summed E-state index contributed by atoms with van der Waals surface area (Å²) in [6, 6.07) is 4.75. The summed E-state index contributed by atoms with van der Waals surface area (Å²) in [6.07, 6.45) is 1.54. The fourth-order valence-corrected chi connectivity index (χ4v) is 3.40. The molecule has 1 saturated heterocycles. The van der Waals surface area contributed by atoms with Crippen LogP contribution in [-0.4, -0.2) is 8.07 Å². The van der Waals surface area contributed by atoms with Gasteiger partial charge in [0.15, 0.2) is 0 Å². The first-order valence-corrected chi connectivity index (χ1v) is 6.39. The first kappa shape index (κ1) is 5.36. The van der Waals surface area contributed by atoms with Gasteiger partial charge in [-0.2, -0.15) is 0 Å². The normalized spacial score (nSPS) is 26.6. The second kappa shape index (κ2) is 1.62. The smallest absolute Gasteiger partial charge is 0.0501 e. The molecule has 0 aromatic heterocycles. The molecule has 0 nitrogen and oxygen atoms in total. The molecule has 1 rings (SSSR count). The van der Waals surface area contributed by atoms with Crippen LogP contribution < -0.4 is 0 Å². The highest BCUT2D eigenvalue weighted by Crippen LogP contribution is 2.34. The van der Waals surface area contributed by atoms with Crippen LogP contribution >= 0.6 is 0 Å². The van der Waals surface area contributed by atoms with Crippen LogP contribution in [0.15, 0.2) is 0 Å². The molecule has 0 amide bonds. The SMILES string of the molecule is CC[Si]1(C)CCC1. The molecule has 0 aromatic carbocycles. The summed E-state index contributed by atoms with van der Waals surface area (Å²) in [4.78, 5) is 0. The minimum Gasteiger partial charge on any atom is -0.0692 e. The molecular formula is C6H14Si. The summed E-state index contributed by atoms with van der Waals surface area (Å²) in [5.74, 6) is 0. The van der Waals surface area contributed by atoms with E-state index in [0.29, 0.717) is 0 Å². The van der Waals surface area contributed by atoms with Gasteiger partial charge in [0.2, 0.25) is 0 Å². The zero-order valence-electron chi connectivity index (χ0n) is 5.33. The van der Waals surface area contributed by atoms with Gasteiger partial charge in [-0.05, 0) is 0 Å². The lowest BCUT2D eigenvalue weighted by Gasteiger charge is -2.34. The van der Waals surface area contributed by atoms with E-state index in [-0.39, 0.29) is 0 Å². The van der Waals surface area contributed by atoms with Crippen LogP contribution in [0.4, 0.5) is 0 Å². The molecule has 1 heterocycles. The molecule has 0 saturated carbocycles. The average molecular weight is 114 g/mol. The predicted molar refractivity (Wildman–Crippen MR) is 36.3 cm³/mol. The van der Waals surface area contributed by atoms with Crippen molar-refractivity contribution in [3.05, 3.63) is 0 Å². The third-order valence-electron chi connectivity index (χ3n) is 2.41. The van der Waals surface area contributed by atoms with Crippen molar-refractivity contribution in [2.45, 2.75) is 38.0 Å². The van der Waals surface area contributed by atoms with Crippen LogP contribution in [0.5, 0.6) is 0 Å². The highest BCUT2D eigenvalue weighted by molar-refractivity contribution is 6.80. The fourth-order valence-electron chi connectivity index (χ4n) is 1.13. The Hall–Kier alpha value is 0.217. The van der Waals surface area contributed by atoms with Crippen LogP contribution in [-0.2, 0) is 0 Å². The van der Waals surface area contributed by atoms with Crippen molar-refractivity contribution >= 4 is 8.07 Å². The number of hydrogen-bond acceptors (Lipinski definition) is 0. The van der Waals surface area contributed by atoms with Crippen LogP contribution in [0, 0.1) is 0 Å². The van der Waals surface area contributed by atoms with Gasteiger partial charge >= 0.3 is 0 Å². The topological polar surface area (TPSA) is 0 Å². The number of hydrogen-bond donors (Lipinski definition) is 0. The van der Waals surface area contributed by atoms with E-state index in [1.807, 2.05) is 0 Å². The molecule has 0 atom stereocenters.